The van der Waals surface area contributed by atoms with Crippen molar-refractivity contribution in [1.29, 1.82) is 0 Å². The molecule has 0 heterocycles. The van der Waals surface area contributed by atoms with Gasteiger partial charge in [0.15, 0.2) is 0 Å². The minimum absolute atomic E-state index is 0.149. The van der Waals surface area contributed by atoms with E-state index in [4.69, 9.17) is 23.2 Å². The lowest BCUT2D eigenvalue weighted by molar-refractivity contribution is 0.585. The molecule has 112 valence electrons. The fraction of sp³-hybridized carbons (Fsp3) is 0.294. The van der Waals surface area contributed by atoms with Crippen LogP contribution < -0.4 is 5.32 Å². The molecule has 2 aromatic rings. The second kappa shape index (κ2) is 7.26. The van der Waals surface area contributed by atoms with Crippen molar-refractivity contribution >= 4 is 23.2 Å². The van der Waals surface area contributed by atoms with E-state index in [-0.39, 0.29) is 11.9 Å². The molecule has 1 atom stereocenters. The molecule has 0 aromatic heterocycles. The Bertz CT molecular complexity index is 628. The van der Waals surface area contributed by atoms with Gasteiger partial charge in [0.1, 0.15) is 5.82 Å². The highest BCUT2D eigenvalue weighted by atomic mass is 35.5. The number of rotatable bonds is 5. The smallest absolute Gasteiger partial charge is 0.123 e. The second-order valence-electron chi connectivity index (χ2n) is 5.06. The molecule has 0 aliphatic heterocycles. The van der Waals surface area contributed by atoms with E-state index in [1.807, 2.05) is 25.1 Å². The molecular weight excluding hydrogens is 308 g/mol. The molecule has 2 aromatic carbocycles. The summed E-state index contributed by atoms with van der Waals surface area (Å²) in [6.45, 7) is 4.86. The van der Waals surface area contributed by atoms with E-state index in [1.54, 1.807) is 6.07 Å². The van der Waals surface area contributed by atoms with Crippen molar-refractivity contribution in [3.8, 4) is 0 Å². The van der Waals surface area contributed by atoms with Crippen molar-refractivity contribution in [3.05, 3.63) is 69.0 Å². The van der Waals surface area contributed by atoms with Gasteiger partial charge in [-0.1, -0.05) is 42.3 Å². The largest absolute Gasteiger partial charge is 0.306 e. The minimum atomic E-state index is -0.289. The van der Waals surface area contributed by atoms with Gasteiger partial charge in [-0.2, -0.15) is 0 Å². The highest BCUT2D eigenvalue weighted by molar-refractivity contribution is 6.31. The van der Waals surface area contributed by atoms with Crippen LogP contribution in [-0.4, -0.2) is 6.54 Å². The lowest BCUT2D eigenvalue weighted by atomic mass is 9.97. The Morgan fingerprint density at radius 1 is 1.10 bits per heavy atom. The Morgan fingerprint density at radius 3 is 2.48 bits per heavy atom. The fourth-order valence-corrected chi connectivity index (χ4v) is 2.62. The second-order valence-corrected chi connectivity index (χ2v) is 5.88. The summed E-state index contributed by atoms with van der Waals surface area (Å²) >= 11 is 12.3. The van der Waals surface area contributed by atoms with Gasteiger partial charge in [0, 0.05) is 10.0 Å². The molecular formula is C17H18Cl2FN. The molecule has 0 amide bonds. The molecule has 0 aliphatic rings. The molecule has 0 fully saturated rings. The Morgan fingerprint density at radius 2 is 1.81 bits per heavy atom. The van der Waals surface area contributed by atoms with Crippen LogP contribution in [0.5, 0.6) is 0 Å². The number of hydrogen-bond acceptors (Lipinski definition) is 1. The minimum Gasteiger partial charge on any atom is -0.306 e. The highest BCUT2D eigenvalue weighted by Crippen LogP contribution is 2.31. The summed E-state index contributed by atoms with van der Waals surface area (Å²) in [6.07, 6.45) is 0.982. The van der Waals surface area contributed by atoms with E-state index in [0.717, 1.165) is 34.7 Å². The Kier molecular flexibility index (Phi) is 5.63. The third kappa shape index (κ3) is 3.97. The van der Waals surface area contributed by atoms with Crippen LogP contribution in [0.2, 0.25) is 10.0 Å². The predicted octanol–water partition coefficient (Wildman–Crippen LogP) is 5.53. The molecule has 0 spiro atoms. The van der Waals surface area contributed by atoms with E-state index in [9.17, 15) is 4.39 Å². The van der Waals surface area contributed by atoms with E-state index >= 15 is 0 Å². The summed E-state index contributed by atoms with van der Waals surface area (Å²) < 4.78 is 13.6. The van der Waals surface area contributed by atoms with Crippen LogP contribution in [0.3, 0.4) is 0 Å². The van der Waals surface area contributed by atoms with Crippen molar-refractivity contribution in [2.75, 3.05) is 6.54 Å². The van der Waals surface area contributed by atoms with Gasteiger partial charge in [0.2, 0.25) is 0 Å². The van der Waals surface area contributed by atoms with Gasteiger partial charge >= 0.3 is 0 Å². The fourth-order valence-electron chi connectivity index (χ4n) is 2.28. The van der Waals surface area contributed by atoms with E-state index in [1.165, 1.54) is 12.1 Å². The Hall–Kier alpha value is -1.09. The molecule has 0 bridgehead atoms. The number of halogens is 3. The van der Waals surface area contributed by atoms with Gasteiger partial charge in [0.25, 0.3) is 0 Å². The molecule has 21 heavy (non-hydrogen) atoms. The summed E-state index contributed by atoms with van der Waals surface area (Å²) in [5.74, 6) is -0.289. The van der Waals surface area contributed by atoms with Crippen molar-refractivity contribution in [2.45, 2.75) is 26.3 Å². The zero-order valence-electron chi connectivity index (χ0n) is 12.1. The van der Waals surface area contributed by atoms with Crippen LogP contribution in [0.1, 0.15) is 36.1 Å². The lowest BCUT2D eigenvalue weighted by Crippen LogP contribution is -2.23. The molecule has 0 aliphatic carbocycles. The Labute approximate surface area is 135 Å². The van der Waals surface area contributed by atoms with E-state index in [0.29, 0.717) is 5.02 Å². The van der Waals surface area contributed by atoms with Crippen LogP contribution in [-0.2, 0) is 0 Å². The van der Waals surface area contributed by atoms with Gasteiger partial charge in [-0.3, -0.25) is 0 Å². The SMILES string of the molecule is CCCNC(c1ccc(Cl)c(C)c1)c1cc(F)ccc1Cl. The van der Waals surface area contributed by atoms with E-state index < -0.39 is 0 Å². The number of hydrogen-bond donors (Lipinski definition) is 1. The van der Waals surface area contributed by atoms with E-state index in [2.05, 4.69) is 12.2 Å². The zero-order chi connectivity index (χ0) is 15.4. The topological polar surface area (TPSA) is 12.0 Å². The highest BCUT2D eigenvalue weighted by Gasteiger charge is 2.17. The third-order valence-corrected chi connectivity index (χ3v) is 4.15. The third-order valence-electron chi connectivity index (χ3n) is 3.38. The molecule has 0 radical (unpaired) electrons. The lowest BCUT2D eigenvalue weighted by Gasteiger charge is -2.21. The first-order valence-electron chi connectivity index (χ1n) is 6.97. The summed E-state index contributed by atoms with van der Waals surface area (Å²) in [5.41, 5.74) is 2.76. The molecule has 1 unspecified atom stereocenters. The maximum atomic E-state index is 13.6. The monoisotopic (exact) mass is 325 g/mol. The molecule has 0 saturated carbocycles. The number of aryl methyl sites for hydroxylation is 1. The van der Waals surface area contributed by atoms with Crippen LogP contribution in [0.25, 0.3) is 0 Å². The average molecular weight is 326 g/mol. The van der Waals surface area contributed by atoms with Crippen molar-refractivity contribution < 1.29 is 4.39 Å². The van der Waals surface area contributed by atoms with Gasteiger partial charge in [-0.15, -0.1) is 0 Å². The standard InChI is InChI=1S/C17H18Cl2FN/c1-3-8-21-17(12-4-6-15(18)11(2)9-12)14-10-13(20)5-7-16(14)19/h4-7,9-10,17,21H,3,8H2,1-2H3. The predicted molar refractivity (Wildman–Crippen MR) is 87.7 cm³/mol. The normalized spacial score (nSPS) is 12.4. The number of benzene rings is 2. The first-order valence-corrected chi connectivity index (χ1v) is 7.73. The van der Waals surface area contributed by atoms with Crippen molar-refractivity contribution in [2.24, 2.45) is 0 Å². The van der Waals surface area contributed by atoms with Crippen LogP contribution in [0.4, 0.5) is 4.39 Å². The van der Waals surface area contributed by atoms with Gasteiger partial charge in [0.05, 0.1) is 6.04 Å². The molecule has 4 heteroatoms. The first-order chi connectivity index (χ1) is 10.0. The van der Waals surface area contributed by atoms with Gasteiger partial charge < -0.3 is 5.32 Å². The van der Waals surface area contributed by atoms with Crippen LogP contribution in [0.15, 0.2) is 36.4 Å². The van der Waals surface area contributed by atoms with Crippen molar-refractivity contribution in [1.82, 2.24) is 5.32 Å². The number of nitrogens with one attached hydrogen (secondary N) is 1. The summed E-state index contributed by atoms with van der Waals surface area (Å²) in [4.78, 5) is 0. The zero-order valence-corrected chi connectivity index (χ0v) is 13.6. The van der Waals surface area contributed by atoms with Gasteiger partial charge in [-0.25, -0.2) is 4.39 Å². The average Bonchev–Trinajstić information content (AvgIpc) is 2.46. The maximum absolute atomic E-state index is 13.6. The molecule has 1 nitrogen and oxygen atoms in total. The summed E-state index contributed by atoms with van der Waals surface area (Å²) in [7, 11) is 0. The van der Waals surface area contributed by atoms with Crippen LogP contribution >= 0.6 is 23.2 Å². The van der Waals surface area contributed by atoms with Crippen molar-refractivity contribution in [3.63, 3.8) is 0 Å². The molecule has 2 rings (SSSR count). The van der Waals surface area contributed by atoms with Gasteiger partial charge in [-0.05, 0) is 60.8 Å². The molecule has 0 saturated heterocycles. The Balaban J connectivity index is 2.46. The summed E-state index contributed by atoms with van der Waals surface area (Å²) in [6, 6.07) is 10.1. The van der Waals surface area contributed by atoms with Crippen LogP contribution in [0, 0.1) is 12.7 Å². The molecule has 1 N–H and O–H groups in total. The summed E-state index contributed by atoms with van der Waals surface area (Å²) in [5, 5.41) is 4.70. The maximum Gasteiger partial charge on any atom is 0.123 e. The quantitative estimate of drug-likeness (QED) is 0.762. The first kappa shape index (κ1) is 16.3.